The van der Waals surface area contributed by atoms with Crippen LogP contribution in [-0.4, -0.2) is 33.4 Å². The third kappa shape index (κ3) is 15.7. The van der Waals surface area contributed by atoms with E-state index >= 15 is 0 Å². The second kappa shape index (κ2) is 16.1. The molecule has 0 amide bonds. The van der Waals surface area contributed by atoms with Crippen molar-refractivity contribution in [3.05, 3.63) is 18.5 Å². The van der Waals surface area contributed by atoms with E-state index < -0.39 is 0 Å². The minimum atomic E-state index is 0. The zero-order chi connectivity index (χ0) is 6.24. The maximum Gasteiger partial charge on any atom is 1.00 e. The fraction of sp³-hybridized carbons (Fsp3) is 0. The smallest absolute Gasteiger partial charge is 1.00 e. The van der Waals surface area contributed by atoms with Gasteiger partial charge in [-0.2, -0.15) is 5.10 Å². The first-order chi connectivity index (χ1) is 3.91. The molecule has 0 atom stereocenters. The third-order valence-electron chi connectivity index (χ3n) is 0.406. The first-order valence-corrected chi connectivity index (χ1v) is 1.95. The van der Waals surface area contributed by atoms with Crippen molar-refractivity contribution in [3.63, 3.8) is 0 Å². The van der Waals surface area contributed by atoms with E-state index in [1.165, 1.54) is 0 Å². The molecule has 5 nitrogen and oxygen atoms in total. The molecule has 0 fully saturated rings. The van der Waals surface area contributed by atoms with Crippen LogP contribution in [0.1, 0.15) is 1.43 Å². The minimum Gasteiger partial charge on any atom is -1.00 e. The molecule has 0 unspecified atom stereocenters. The molecule has 0 spiro atoms. The summed E-state index contributed by atoms with van der Waals surface area (Å²) >= 11 is 0. The molecule has 0 bridgehead atoms. The van der Waals surface area contributed by atoms with Gasteiger partial charge in [0.25, 0.3) is 0 Å². The fourth-order valence-electron chi connectivity index (χ4n) is 0.215. The van der Waals surface area contributed by atoms with E-state index in [0.29, 0.717) is 0 Å². The van der Waals surface area contributed by atoms with E-state index in [0.717, 1.165) is 0 Å². The van der Waals surface area contributed by atoms with Crippen LogP contribution in [0.15, 0.2) is 18.5 Å². The van der Waals surface area contributed by atoms with E-state index in [9.17, 15) is 0 Å². The molecular weight excluding hydrogens is 146 g/mol. The molecule has 0 aliphatic carbocycles. The van der Waals surface area contributed by atoms with Gasteiger partial charge in [0.1, 0.15) is 0 Å². The van der Waals surface area contributed by atoms with Crippen LogP contribution in [0.4, 0.5) is 0 Å². The summed E-state index contributed by atoms with van der Waals surface area (Å²) in [7, 11) is 0. The number of H-pyrrole nitrogens is 1. The zero-order valence-electron chi connectivity index (χ0n) is 6.65. The predicted octanol–water partition coefficient (Wildman–Crippen LogP) is -4.79. The Labute approximate surface area is 82.9 Å². The Morgan fingerprint density at radius 2 is 2.00 bits per heavy atom. The number of nitrogens with one attached hydrogen (secondary N) is 1. The van der Waals surface area contributed by atoms with Gasteiger partial charge < -0.3 is 17.0 Å². The average Bonchev–Trinajstić information content (AvgIpc) is 2.17. The van der Waals surface area contributed by atoms with Crippen LogP contribution in [0.25, 0.3) is 0 Å². The maximum atomic E-state index is 7.00. The molecule has 7 heteroatoms. The van der Waals surface area contributed by atoms with Gasteiger partial charge in [0.15, 0.2) is 0 Å². The Balaban J connectivity index is -0.0000000379. The van der Waals surface area contributed by atoms with Crippen LogP contribution in [0.3, 0.4) is 0 Å². The molecule has 0 aromatic carbocycles. The van der Waals surface area contributed by atoms with Gasteiger partial charge in [0.05, 0.1) is 0 Å². The molecule has 1 radical (unpaired) electrons. The topological polar surface area (TPSA) is 101 Å². The molecule has 53 valence electrons. The van der Waals surface area contributed by atoms with Crippen LogP contribution >= 0.6 is 0 Å². The van der Waals surface area contributed by atoms with Gasteiger partial charge in [0.2, 0.25) is 0 Å². The quantitative estimate of drug-likeness (QED) is 0.327. The minimum absolute atomic E-state index is 0. The molecule has 5 N–H and O–H groups in total. The van der Waals surface area contributed by atoms with E-state index in [2.05, 4.69) is 10.2 Å². The van der Waals surface area contributed by atoms with Crippen LogP contribution < -0.4 is 29.6 Å². The molecule has 1 aromatic rings. The van der Waals surface area contributed by atoms with Crippen molar-refractivity contribution < 1.29 is 46.5 Å². The summed E-state index contributed by atoms with van der Waals surface area (Å²) in [5.41, 5.74) is 0. The Kier molecular flexibility index (Phi) is 26.7. The molecule has 1 rings (SSSR count). The average molecular weight is 155 g/mol. The van der Waals surface area contributed by atoms with Gasteiger partial charge in [-0.15, -0.1) is 0 Å². The molecule has 1 heterocycles. The van der Waals surface area contributed by atoms with Crippen LogP contribution in [0.5, 0.6) is 0 Å². The summed E-state index contributed by atoms with van der Waals surface area (Å²) in [6.45, 7) is 0. The first-order valence-electron chi connectivity index (χ1n) is 1.95. The Bertz CT molecular complexity index is 93.5. The standard InChI is InChI=1S/C3H4N2.BH2O2.Na.H2O.H/c1-2-4-5-3-1;2-1-3;;;/h1-3H,(H,4,5);2-3H;;1H2;/q;;+1;;-1. The van der Waals surface area contributed by atoms with E-state index in [1.807, 2.05) is 6.07 Å². The summed E-state index contributed by atoms with van der Waals surface area (Å²) in [6.07, 6.45) is 3.46. The first kappa shape index (κ1) is 16.6. The van der Waals surface area contributed by atoms with Crippen LogP contribution in [0, 0.1) is 0 Å². The Morgan fingerprint density at radius 3 is 2.10 bits per heavy atom. The zero-order valence-corrected chi connectivity index (χ0v) is 7.65. The van der Waals surface area contributed by atoms with Gasteiger partial charge in [-0.3, -0.25) is 5.10 Å². The van der Waals surface area contributed by atoms with Gasteiger partial charge >= 0.3 is 37.2 Å². The second-order valence-electron chi connectivity index (χ2n) is 0.882. The predicted molar refractivity (Wildman–Crippen MR) is 33.5 cm³/mol. The number of hydrogen-bond acceptors (Lipinski definition) is 3. The molecule has 0 saturated carbocycles. The summed E-state index contributed by atoms with van der Waals surface area (Å²) in [6, 6.07) is 1.83. The van der Waals surface area contributed by atoms with Gasteiger partial charge in [-0.1, -0.05) is 0 Å². The van der Waals surface area contributed by atoms with Crippen molar-refractivity contribution in [2.24, 2.45) is 0 Å². The van der Waals surface area contributed by atoms with Crippen LogP contribution in [-0.2, 0) is 0 Å². The summed E-state index contributed by atoms with van der Waals surface area (Å²) in [5.74, 6) is 0. The molecule has 1 aromatic heterocycles. The SMILES string of the molecule is O.O[B]O.[H-].[Na+].c1cn[nH]c1. The fourth-order valence-corrected chi connectivity index (χ4v) is 0.215. The number of aromatic amines is 1. The molecular formula is C3H9BN2NaO3. The molecule has 10 heavy (non-hydrogen) atoms. The van der Waals surface area contributed by atoms with Crippen molar-refractivity contribution in [1.29, 1.82) is 0 Å². The third-order valence-corrected chi connectivity index (χ3v) is 0.406. The van der Waals surface area contributed by atoms with E-state index in [1.54, 1.807) is 12.4 Å². The number of rotatable bonds is 0. The Hall–Kier alpha value is 0.155. The summed E-state index contributed by atoms with van der Waals surface area (Å²) in [4.78, 5) is 0. The Morgan fingerprint density at radius 1 is 1.50 bits per heavy atom. The van der Waals surface area contributed by atoms with Gasteiger partial charge in [-0.05, 0) is 6.07 Å². The number of aromatic nitrogens is 2. The number of nitrogens with zero attached hydrogens (tertiary/aromatic N) is 1. The van der Waals surface area contributed by atoms with E-state index in [4.69, 9.17) is 10.0 Å². The van der Waals surface area contributed by atoms with Crippen molar-refractivity contribution >= 4 is 7.69 Å². The molecule has 0 aliphatic rings. The summed E-state index contributed by atoms with van der Waals surface area (Å²) in [5, 5.41) is 20.2. The van der Waals surface area contributed by atoms with E-state index in [-0.39, 0.29) is 44.1 Å². The summed E-state index contributed by atoms with van der Waals surface area (Å²) < 4.78 is 0. The molecule has 0 aliphatic heterocycles. The van der Waals surface area contributed by atoms with Gasteiger partial charge in [0, 0.05) is 12.4 Å². The number of hydrogen-bond donors (Lipinski definition) is 3. The second-order valence-corrected chi connectivity index (χ2v) is 0.882. The van der Waals surface area contributed by atoms with Crippen molar-refractivity contribution in [2.45, 2.75) is 0 Å². The van der Waals surface area contributed by atoms with Crippen molar-refractivity contribution in [2.75, 3.05) is 0 Å². The monoisotopic (exact) mass is 155 g/mol. The molecule has 0 saturated heterocycles. The van der Waals surface area contributed by atoms with Crippen LogP contribution in [0.2, 0.25) is 0 Å². The largest absolute Gasteiger partial charge is 1.00 e. The maximum absolute atomic E-state index is 7.00. The van der Waals surface area contributed by atoms with Crippen molar-refractivity contribution in [1.82, 2.24) is 10.2 Å². The normalized spacial score (nSPS) is 5.40. The van der Waals surface area contributed by atoms with Gasteiger partial charge in [-0.25, -0.2) is 0 Å². The van der Waals surface area contributed by atoms with Crippen molar-refractivity contribution in [3.8, 4) is 0 Å².